The fraction of sp³-hybridized carbons (Fsp3) is 0.188. The second-order valence-electron chi connectivity index (χ2n) is 4.46. The third kappa shape index (κ3) is 2.28. The summed E-state index contributed by atoms with van der Waals surface area (Å²) in [5.41, 5.74) is 3.90. The third-order valence-corrected chi connectivity index (χ3v) is 3.20. The van der Waals surface area contributed by atoms with Gasteiger partial charge in [-0.3, -0.25) is 4.99 Å². The van der Waals surface area contributed by atoms with Crippen LogP contribution < -0.4 is 5.32 Å². The number of nitrogens with zero attached hydrogens (tertiary/aromatic N) is 1. The Morgan fingerprint density at radius 2 is 1.72 bits per heavy atom. The number of amidine groups is 1. The predicted octanol–water partition coefficient (Wildman–Crippen LogP) is 2.90. The molecule has 2 heteroatoms. The van der Waals surface area contributed by atoms with Crippen molar-refractivity contribution in [3.05, 3.63) is 60.2 Å². The lowest BCUT2D eigenvalue weighted by molar-refractivity contribution is 0.953. The van der Waals surface area contributed by atoms with E-state index in [1.807, 2.05) is 0 Å². The monoisotopic (exact) mass is 236 g/mol. The number of hydrogen-bond acceptors (Lipinski definition) is 2. The number of nitrogens with one attached hydrogen (secondary N) is 1. The lowest BCUT2D eigenvalue weighted by atomic mass is 9.97. The van der Waals surface area contributed by atoms with E-state index in [1.54, 1.807) is 0 Å². The minimum Gasteiger partial charge on any atom is -0.372 e. The predicted molar refractivity (Wildman–Crippen MR) is 75.9 cm³/mol. The average molecular weight is 236 g/mol. The normalized spacial score (nSPS) is 14.1. The first-order chi connectivity index (χ1) is 8.93. The van der Waals surface area contributed by atoms with Gasteiger partial charge in [0.2, 0.25) is 0 Å². The van der Waals surface area contributed by atoms with Gasteiger partial charge in [0.15, 0.2) is 0 Å². The molecule has 0 bridgehead atoms. The van der Waals surface area contributed by atoms with Crippen LogP contribution in [0.25, 0.3) is 11.1 Å². The molecule has 1 aliphatic rings. The van der Waals surface area contributed by atoms with E-state index in [9.17, 15) is 0 Å². The largest absolute Gasteiger partial charge is 0.372 e. The summed E-state index contributed by atoms with van der Waals surface area (Å²) in [4.78, 5) is 4.47. The Hall–Kier alpha value is -2.09. The maximum Gasteiger partial charge on any atom is 0.101 e. The number of hydrogen-bond donors (Lipinski definition) is 1. The standard InChI is InChI=1S/C16H16N2/c1-2-6-13(7-3-1)15-9-5-4-8-14(15)12-16-17-10-11-18-16/h1-9H,10-12H2,(H,17,18). The highest BCUT2D eigenvalue weighted by Gasteiger charge is 2.09. The van der Waals surface area contributed by atoms with Gasteiger partial charge in [-0.15, -0.1) is 0 Å². The molecule has 18 heavy (non-hydrogen) atoms. The average Bonchev–Trinajstić information content (AvgIpc) is 2.93. The van der Waals surface area contributed by atoms with Crippen molar-refractivity contribution in [1.82, 2.24) is 5.32 Å². The molecule has 0 spiro atoms. The van der Waals surface area contributed by atoms with Crippen LogP contribution in [-0.4, -0.2) is 18.9 Å². The molecule has 2 aromatic rings. The molecule has 1 N–H and O–H groups in total. The van der Waals surface area contributed by atoms with E-state index in [2.05, 4.69) is 64.9 Å². The van der Waals surface area contributed by atoms with Crippen LogP contribution in [0.5, 0.6) is 0 Å². The van der Waals surface area contributed by atoms with E-state index in [4.69, 9.17) is 0 Å². The first-order valence-corrected chi connectivity index (χ1v) is 6.34. The van der Waals surface area contributed by atoms with Crippen molar-refractivity contribution in [3.8, 4) is 11.1 Å². The van der Waals surface area contributed by atoms with Crippen LogP contribution in [0.2, 0.25) is 0 Å². The maximum atomic E-state index is 4.47. The van der Waals surface area contributed by atoms with Gasteiger partial charge in [0, 0.05) is 13.0 Å². The highest BCUT2D eigenvalue weighted by atomic mass is 15.1. The molecule has 1 aliphatic heterocycles. The fourth-order valence-corrected chi connectivity index (χ4v) is 2.32. The Kier molecular flexibility index (Phi) is 3.09. The van der Waals surface area contributed by atoms with Crippen LogP contribution in [0.1, 0.15) is 5.56 Å². The van der Waals surface area contributed by atoms with Crippen molar-refractivity contribution in [2.75, 3.05) is 13.1 Å². The first kappa shape index (κ1) is 11.0. The molecule has 1 heterocycles. The Morgan fingerprint density at radius 1 is 0.944 bits per heavy atom. The number of aliphatic imine (C=N–C) groups is 1. The molecule has 2 aromatic carbocycles. The topological polar surface area (TPSA) is 24.4 Å². The van der Waals surface area contributed by atoms with Crippen molar-refractivity contribution in [3.63, 3.8) is 0 Å². The van der Waals surface area contributed by atoms with Crippen molar-refractivity contribution in [2.45, 2.75) is 6.42 Å². The lowest BCUT2D eigenvalue weighted by Crippen LogP contribution is -2.20. The van der Waals surface area contributed by atoms with Crippen LogP contribution in [0.4, 0.5) is 0 Å². The summed E-state index contributed by atoms with van der Waals surface area (Å²) in [7, 11) is 0. The first-order valence-electron chi connectivity index (χ1n) is 6.34. The number of rotatable bonds is 3. The highest BCUT2D eigenvalue weighted by Crippen LogP contribution is 2.23. The van der Waals surface area contributed by atoms with E-state index in [0.29, 0.717) is 0 Å². The molecule has 0 amide bonds. The van der Waals surface area contributed by atoms with Crippen molar-refractivity contribution < 1.29 is 0 Å². The van der Waals surface area contributed by atoms with E-state index in [0.717, 1.165) is 25.3 Å². The molecule has 0 aliphatic carbocycles. The zero-order chi connectivity index (χ0) is 12.2. The molecule has 0 fully saturated rings. The Bertz CT molecular complexity index is 558. The molecule has 0 atom stereocenters. The van der Waals surface area contributed by atoms with Gasteiger partial charge in [0.1, 0.15) is 5.84 Å². The molecule has 90 valence electrons. The van der Waals surface area contributed by atoms with Crippen LogP contribution in [-0.2, 0) is 6.42 Å². The smallest absolute Gasteiger partial charge is 0.101 e. The van der Waals surface area contributed by atoms with Gasteiger partial charge in [-0.25, -0.2) is 0 Å². The van der Waals surface area contributed by atoms with Gasteiger partial charge in [0.05, 0.1) is 6.54 Å². The molecular weight excluding hydrogens is 220 g/mol. The molecule has 0 unspecified atom stereocenters. The summed E-state index contributed by atoms with van der Waals surface area (Å²) >= 11 is 0. The molecule has 0 saturated heterocycles. The summed E-state index contributed by atoms with van der Waals surface area (Å²) in [5, 5.41) is 3.33. The minimum absolute atomic E-state index is 0.894. The SMILES string of the molecule is c1ccc(-c2ccccc2CC2=NCCN2)cc1. The number of benzene rings is 2. The molecule has 2 nitrogen and oxygen atoms in total. The van der Waals surface area contributed by atoms with E-state index in [1.165, 1.54) is 16.7 Å². The second kappa shape index (κ2) is 5.05. The van der Waals surface area contributed by atoms with Crippen LogP contribution in [0.3, 0.4) is 0 Å². The molecule has 0 radical (unpaired) electrons. The Balaban J connectivity index is 1.95. The maximum absolute atomic E-state index is 4.47. The molecule has 0 saturated carbocycles. The lowest BCUT2D eigenvalue weighted by Gasteiger charge is -2.10. The highest BCUT2D eigenvalue weighted by molar-refractivity contribution is 5.87. The van der Waals surface area contributed by atoms with Crippen molar-refractivity contribution >= 4 is 5.84 Å². The Labute approximate surface area is 107 Å². The second-order valence-corrected chi connectivity index (χ2v) is 4.46. The van der Waals surface area contributed by atoms with Crippen molar-refractivity contribution in [1.29, 1.82) is 0 Å². The minimum atomic E-state index is 0.894. The fourth-order valence-electron chi connectivity index (χ4n) is 2.32. The van der Waals surface area contributed by atoms with Gasteiger partial charge in [0.25, 0.3) is 0 Å². The molecule has 0 aromatic heterocycles. The molecule has 3 rings (SSSR count). The summed E-state index contributed by atoms with van der Waals surface area (Å²) in [5.74, 6) is 1.11. The van der Waals surface area contributed by atoms with Crippen LogP contribution in [0, 0.1) is 0 Å². The van der Waals surface area contributed by atoms with Crippen LogP contribution in [0.15, 0.2) is 59.6 Å². The zero-order valence-corrected chi connectivity index (χ0v) is 10.3. The third-order valence-electron chi connectivity index (χ3n) is 3.20. The quantitative estimate of drug-likeness (QED) is 0.870. The van der Waals surface area contributed by atoms with Gasteiger partial charge >= 0.3 is 0 Å². The molecular formula is C16H16N2. The summed E-state index contributed by atoms with van der Waals surface area (Å²) in [6.07, 6.45) is 0.894. The van der Waals surface area contributed by atoms with Gasteiger partial charge < -0.3 is 5.32 Å². The van der Waals surface area contributed by atoms with Gasteiger partial charge in [-0.2, -0.15) is 0 Å². The summed E-state index contributed by atoms with van der Waals surface area (Å²) < 4.78 is 0. The van der Waals surface area contributed by atoms with E-state index < -0.39 is 0 Å². The zero-order valence-electron chi connectivity index (χ0n) is 10.3. The van der Waals surface area contributed by atoms with Crippen LogP contribution >= 0.6 is 0 Å². The Morgan fingerprint density at radius 3 is 2.50 bits per heavy atom. The van der Waals surface area contributed by atoms with Gasteiger partial charge in [-0.05, 0) is 16.7 Å². The van der Waals surface area contributed by atoms with E-state index >= 15 is 0 Å². The van der Waals surface area contributed by atoms with Crippen molar-refractivity contribution in [2.24, 2.45) is 4.99 Å². The van der Waals surface area contributed by atoms with E-state index in [-0.39, 0.29) is 0 Å². The summed E-state index contributed by atoms with van der Waals surface area (Å²) in [6.45, 7) is 1.88. The summed E-state index contributed by atoms with van der Waals surface area (Å²) in [6, 6.07) is 19.1. The van der Waals surface area contributed by atoms with Gasteiger partial charge in [-0.1, -0.05) is 54.6 Å².